The zero-order valence-corrected chi connectivity index (χ0v) is 16.1. The summed E-state index contributed by atoms with van der Waals surface area (Å²) in [6.07, 6.45) is 0. The first-order valence-corrected chi connectivity index (χ1v) is 9.24. The van der Waals surface area contributed by atoms with E-state index in [1.807, 2.05) is 0 Å². The molecule has 26 heavy (non-hydrogen) atoms. The largest absolute Gasteiger partial charge is 0.478 e. The molecule has 0 atom stereocenters. The first-order chi connectivity index (χ1) is 12.2. The summed E-state index contributed by atoms with van der Waals surface area (Å²) in [5.41, 5.74) is 4.58. The van der Waals surface area contributed by atoms with Crippen molar-refractivity contribution in [2.75, 3.05) is 5.32 Å². The Balaban J connectivity index is 1.81. The summed E-state index contributed by atoms with van der Waals surface area (Å²) in [6, 6.07) is 15.2. The first-order valence-electron chi connectivity index (χ1n) is 8.43. The lowest BCUT2D eigenvalue weighted by atomic mass is 9.86. The third-order valence-corrected chi connectivity index (χ3v) is 5.09. The summed E-state index contributed by atoms with van der Waals surface area (Å²) in [6.45, 7) is 8.67. The number of carboxylic acid groups (broad SMARTS) is 1. The van der Waals surface area contributed by atoms with E-state index in [4.69, 9.17) is 10.1 Å². The number of hydrogen-bond donors (Lipinski definition) is 2. The monoisotopic (exact) mass is 366 g/mol. The number of rotatable bonds is 4. The molecule has 2 N–H and O–H groups in total. The molecule has 0 unspecified atom stereocenters. The van der Waals surface area contributed by atoms with Crippen molar-refractivity contribution in [3.63, 3.8) is 0 Å². The van der Waals surface area contributed by atoms with Crippen LogP contribution in [0.2, 0.25) is 0 Å². The van der Waals surface area contributed by atoms with Crippen molar-refractivity contribution < 1.29 is 9.90 Å². The summed E-state index contributed by atoms with van der Waals surface area (Å²) in [4.78, 5) is 16.8. The quantitative estimate of drug-likeness (QED) is 0.607. The Kier molecular flexibility index (Phi) is 4.83. The molecule has 3 aromatic rings. The highest BCUT2D eigenvalue weighted by Crippen LogP contribution is 2.33. The van der Waals surface area contributed by atoms with Gasteiger partial charge in [0.1, 0.15) is 0 Å². The summed E-state index contributed by atoms with van der Waals surface area (Å²) in [5, 5.41) is 13.0. The van der Waals surface area contributed by atoms with Gasteiger partial charge in [0.2, 0.25) is 0 Å². The van der Waals surface area contributed by atoms with Crippen LogP contribution in [-0.2, 0) is 5.41 Å². The highest BCUT2D eigenvalue weighted by atomic mass is 32.1. The molecular weight excluding hydrogens is 344 g/mol. The highest BCUT2D eigenvalue weighted by Gasteiger charge is 2.15. The Morgan fingerprint density at radius 1 is 1.04 bits per heavy atom. The van der Waals surface area contributed by atoms with Crippen molar-refractivity contribution >= 4 is 28.1 Å². The zero-order valence-electron chi connectivity index (χ0n) is 15.3. The van der Waals surface area contributed by atoms with Crippen LogP contribution in [0.25, 0.3) is 11.3 Å². The van der Waals surface area contributed by atoms with Crippen LogP contribution in [0, 0.1) is 6.92 Å². The number of anilines is 2. The Labute approximate surface area is 157 Å². The summed E-state index contributed by atoms with van der Waals surface area (Å²) >= 11 is 1.59. The number of nitrogens with zero attached hydrogens (tertiary/aromatic N) is 1. The molecule has 1 heterocycles. The van der Waals surface area contributed by atoms with E-state index in [2.05, 4.69) is 57.3 Å². The van der Waals surface area contributed by atoms with Crippen molar-refractivity contribution in [2.24, 2.45) is 0 Å². The van der Waals surface area contributed by atoms with E-state index >= 15 is 0 Å². The number of benzene rings is 2. The van der Waals surface area contributed by atoms with Gasteiger partial charge in [-0.3, -0.25) is 0 Å². The van der Waals surface area contributed by atoms with E-state index in [-0.39, 0.29) is 11.0 Å². The molecule has 4 nitrogen and oxygen atoms in total. The molecule has 3 rings (SSSR count). The molecule has 0 aliphatic heterocycles. The SMILES string of the molecule is Cc1sc(Nc2ccc(C(=O)O)cc2)nc1-c1ccc(C(C)(C)C)cc1. The number of carbonyl (C=O) groups is 1. The molecule has 0 aliphatic carbocycles. The number of nitrogens with one attached hydrogen (secondary N) is 1. The molecule has 0 aliphatic rings. The lowest BCUT2D eigenvalue weighted by Crippen LogP contribution is -2.10. The third-order valence-electron chi connectivity index (χ3n) is 4.20. The Hall–Kier alpha value is -2.66. The van der Waals surface area contributed by atoms with Gasteiger partial charge in [-0.2, -0.15) is 0 Å². The summed E-state index contributed by atoms with van der Waals surface area (Å²) < 4.78 is 0. The van der Waals surface area contributed by atoms with Crippen LogP contribution >= 0.6 is 11.3 Å². The van der Waals surface area contributed by atoms with Gasteiger partial charge >= 0.3 is 5.97 Å². The van der Waals surface area contributed by atoms with Gasteiger partial charge in [0.25, 0.3) is 0 Å². The Morgan fingerprint density at radius 3 is 2.19 bits per heavy atom. The maximum Gasteiger partial charge on any atom is 0.335 e. The van der Waals surface area contributed by atoms with Gasteiger partial charge in [-0.1, -0.05) is 45.0 Å². The number of hydrogen-bond acceptors (Lipinski definition) is 4. The topological polar surface area (TPSA) is 62.2 Å². The molecular formula is C21H22N2O2S. The second-order valence-electron chi connectivity index (χ2n) is 7.26. The molecule has 0 saturated carbocycles. The standard InChI is InChI=1S/C21H22N2O2S/c1-13-18(14-5-9-16(10-6-14)21(2,3)4)23-20(26-13)22-17-11-7-15(8-12-17)19(24)25/h5-12H,1-4H3,(H,22,23)(H,24,25). The van der Waals surface area contributed by atoms with Crippen LogP contribution in [0.5, 0.6) is 0 Å². The third kappa shape index (κ3) is 3.94. The predicted octanol–water partition coefficient (Wildman–Crippen LogP) is 5.86. The fraction of sp³-hybridized carbons (Fsp3) is 0.238. The molecule has 0 spiro atoms. The van der Waals surface area contributed by atoms with Crippen LogP contribution < -0.4 is 5.32 Å². The lowest BCUT2D eigenvalue weighted by molar-refractivity contribution is 0.0697. The van der Waals surface area contributed by atoms with Gasteiger partial charge in [-0.05, 0) is 42.2 Å². The highest BCUT2D eigenvalue weighted by molar-refractivity contribution is 7.16. The van der Waals surface area contributed by atoms with Gasteiger partial charge in [-0.25, -0.2) is 9.78 Å². The van der Waals surface area contributed by atoms with E-state index in [1.165, 1.54) is 5.56 Å². The van der Waals surface area contributed by atoms with Gasteiger partial charge in [0.05, 0.1) is 11.3 Å². The van der Waals surface area contributed by atoms with Gasteiger partial charge in [-0.15, -0.1) is 11.3 Å². The van der Waals surface area contributed by atoms with E-state index in [9.17, 15) is 4.79 Å². The molecule has 134 valence electrons. The molecule has 0 fully saturated rings. The number of carboxylic acids is 1. The fourth-order valence-electron chi connectivity index (χ4n) is 2.67. The van der Waals surface area contributed by atoms with E-state index in [1.54, 1.807) is 35.6 Å². The second-order valence-corrected chi connectivity index (χ2v) is 8.46. The van der Waals surface area contributed by atoms with Crippen LogP contribution in [0.4, 0.5) is 10.8 Å². The van der Waals surface area contributed by atoms with Crippen LogP contribution in [0.15, 0.2) is 48.5 Å². The zero-order chi connectivity index (χ0) is 18.9. The van der Waals surface area contributed by atoms with Crippen molar-refractivity contribution in [1.29, 1.82) is 0 Å². The average Bonchev–Trinajstić information content (AvgIpc) is 2.95. The summed E-state index contributed by atoms with van der Waals surface area (Å²) in [5.74, 6) is -0.928. The summed E-state index contributed by atoms with van der Waals surface area (Å²) in [7, 11) is 0. The Morgan fingerprint density at radius 2 is 1.65 bits per heavy atom. The Bertz CT molecular complexity index is 920. The molecule has 0 radical (unpaired) electrons. The second kappa shape index (κ2) is 6.92. The van der Waals surface area contributed by atoms with E-state index in [0.717, 1.165) is 27.0 Å². The van der Waals surface area contributed by atoms with E-state index < -0.39 is 5.97 Å². The molecule has 0 amide bonds. The van der Waals surface area contributed by atoms with Crippen LogP contribution in [0.1, 0.15) is 41.6 Å². The number of aromatic carboxylic acids is 1. The van der Waals surface area contributed by atoms with Gasteiger partial charge in [0, 0.05) is 16.1 Å². The van der Waals surface area contributed by atoms with Gasteiger partial charge in [0.15, 0.2) is 5.13 Å². The molecule has 2 aromatic carbocycles. The van der Waals surface area contributed by atoms with Crippen molar-refractivity contribution in [2.45, 2.75) is 33.1 Å². The van der Waals surface area contributed by atoms with Gasteiger partial charge < -0.3 is 10.4 Å². The number of aromatic nitrogens is 1. The maximum atomic E-state index is 10.9. The molecule has 0 saturated heterocycles. The molecule has 1 aromatic heterocycles. The predicted molar refractivity (Wildman–Crippen MR) is 108 cm³/mol. The minimum Gasteiger partial charge on any atom is -0.478 e. The fourth-order valence-corrected chi connectivity index (χ4v) is 3.52. The van der Waals surface area contributed by atoms with Crippen molar-refractivity contribution in [1.82, 2.24) is 4.98 Å². The van der Waals surface area contributed by atoms with E-state index in [0.29, 0.717) is 0 Å². The first kappa shape index (κ1) is 18.1. The van der Waals surface area contributed by atoms with Crippen molar-refractivity contribution in [3.8, 4) is 11.3 Å². The van der Waals surface area contributed by atoms with Crippen molar-refractivity contribution in [3.05, 3.63) is 64.5 Å². The normalized spacial score (nSPS) is 11.4. The molecule has 5 heteroatoms. The minimum absolute atomic E-state index is 0.129. The maximum absolute atomic E-state index is 10.9. The molecule has 0 bridgehead atoms. The average molecular weight is 366 g/mol. The van der Waals surface area contributed by atoms with Crippen LogP contribution in [-0.4, -0.2) is 16.1 Å². The minimum atomic E-state index is -0.928. The van der Waals surface area contributed by atoms with Crippen LogP contribution in [0.3, 0.4) is 0 Å². The lowest BCUT2D eigenvalue weighted by Gasteiger charge is -2.19. The number of aryl methyl sites for hydroxylation is 1. The smallest absolute Gasteiger partial charge is 0.335 e. The number of thiazole rings is 1.